The first-order chi connectivity index (χ1) is 7.30. The van der Waals surface area contributed by atoms with Gasteiger partial charge in [0, 0.05) is 20.6 Å². The number of nitrogens with one attached hydrogen (secondary N) is 1. The average molecular weight is 243 g/mol. The normalized spacial score (nSPS) is 13.9. The van der Waals surface area contributed by atoms with Crippen molar-refractivity contribution in [2.24, 2.45) is 0 Å². The van der Waals surface area contributed by atoms with Crippen LogP contribution in [0.2, 0.25) is 0 Å². The Kier molecular flexibility index (Phi) is 6.35. The highest BCUT2D eigenvalue weighted by molar-refractivity contribution is 5.76. The monoisotopic (exact) mass is 243 g/mol. The third kappa shape index (κ3) is 6.62. The summed E-state index contributed by atoms with van der Waals surface area (Å²) in [4.78, 5) is 11.1. The number of ether oxygens (including phenoxy) is 2. The number of hydrogen-bond acceptors (Lipinski definition) is 3. The van der Waals surface area contributed by atoms with E-state index in [1.165, 1.54) is 14.2 Å². The molecular formula is C9H16F3NO3. The molecule has 0 aliphatic carbocycles. The fraction of sp³-hybridized carbons (Fsp3) is 0.889. The highest BCUT2D eigenvalue weighted by Gasteiger charge is 2.28. The molecule has 16 heavy (non-hydrogen) atoms. The molecule has 0 spiro atoms. The Bertz CT molecular complexity index is 217. The number of carbonyl (C=O) groups excluding carboxylic acids is 1. The summed E-state index contributed by atoms with van der Waals surface area (Å²) in [7, 11) is 2.76. The second-order valence-electron chi connectivity index (χ2n) is 3.31. The van der Waals surface area contributed by atoms with Gasteiger partial charge in [0.25, 0.3) is 0 Å². The minimum absolute atomic E-state index is 0.504. The topological polar surface area (TPSA) is 47.6 Å². The van der Waals surface area contributed by atoms with Gasteiger partial charge >= 0.3 is 6.18 Å². The van der Waals surface area contributed by atoms with Gasteiger partial charge < -0.3 is 14.8 Å². The van der Waals surface area contributed by atoms with Gasteiger partial charge in [0.1, 0.15) is 0 Å². The van der Waals surface area contributed by atoms with E-state index >= 15 is 0 Å². The van der Waals surface area contributed by atoms with Crippen molar-refractivity contribution in [2.45, 2.75) is 38.3 Å². The molecule has 1 unspecified atom stereocenters. The second kappa shape index (κ2) is 6.70. The summed E-state index contributed by atoms with van der Waals surface area (Å²) in [5.41, 5.74) is 0. The molecule has 0 radical (unpaired) electrons. The van der Waals surface area contributed by atoms with Gasteiger partial charge in [-0.25, -0.2) is 0 Å². The zero-order chi connectivity index (χ0) is 12.8. The van der Waals surface area contributed by atoms with Crippen LogP contribution < -0.4 is 5.32 Å². The van der Waals surface area contributed by atoms with Crippen molar-refractivity contribution in [1.29, 1.82) is 0 Å². The van der Waals surface area contributed by atoms with Gasteiger partial charge in [0.2, 0.25) is 5.91 Å². The smallest absolute Gasteiger partial charge is 0.354 e. The third-order valence-electron chi connectivity index (χ3n) is 1.90. The largest absolute Gasteiger partial charge is 0.389 e. The lowest BCUT2D eigenvalue weighted by Gasteiger charge is -2.22. The van der Waals surface area contributed by atoms with Gasteiger partial charge in [-0.1, -0.05) is 0 Å². The molecule has 0 aromatic heterocycles. The first kappa shape index (κ1) is 15.2. The summed E-state index contributed by atoms with van der Waals surface area (Å²) in [6, 6.07) is -0.504. The van der Waals surface area contributed by atoms with Crippen LogP contribution in [0.4, 0.5) is 13.2 Å². The Labute approximate surface area is 92.1 Å². The van der Waals surface area contributed by atoms with Crippen molar-refractivity contribution in [3.63, 3.8) is 0 Å². The first-order valence-corrected chi connectivity index (χ1v) is 4.72. The lowest BCUT2D eigenvalue weighted by atomic mass is 10.2. The average Bonchev–Trinajstić information content (AvgIpc) is 2.15. The number of rotatable bonds is 6. The molecule has 1 atom stereocenters. The van der Waals surface area contributed by atoms with Crippen LogP contribution in [0, 0.1) is 0 Å². The predicted molar refractivity (Wildman–Crippen MR) is 50.7 cm³/mol. The number of hydrogen-bond donors (Lipinski definition) is 1. The summed E-state index contributed by atoms with van der Waals surface area (Å²) >= 11 is 0. The maximum atomic E-state index is 11.8. The first-order valence-electron chi connectivity index (χ1n) is 4.72. The van der Waals surface area contributed by atoms with Gasteiger partial charge in [0.05, 0.1) is 12.5 Å². The molecule has 0 bridgehead atoms. The molecule has 0 saturated heterocycles. The summed E-state index contributed by atoms with van der Waals surface area (Å²) in [6.45, 7) is 1.59. The number of methoxy groups -OCH3 is 2. The fourth-order valence-electron chi connectivity index (χ4n) is 1.15. The molecule has 0 fully saturated rings. The van der Waals surface area contributed by atoms with E-state index in [0.717, 1.165) is 0 Å². The van der Waals surface area contributed by atoms with Crippen molar-refractivity contribution in [3.05, 3.63) is 0 Å². The van der Waals surface area contributed by atoms with Gasteiger partial charge in [0.15, 0.2) is 6.29 Å². The zero-order valence-corrected chi connectivity index (χ0v) is 9.43. The maximum absolute atomic E-state index is 11.8. The molecule has 0 aliphatic rings. The molecule has 0 heterocycles. The Balaban J connectivity index is 3.95. The van der Waals surface area contributed by atoms with E-state index in [0.29, 0.717) is 0 Å². The van der Waals surface area contributed by atoms with E-state index in [1.807, 2.05) is 0 Å². The van der Waals surface area contributed by atoms with E-state index in [9.17, 15) is 18.0 Å². The molecule has 0 aromatic rings. The third-order valence-corrected chi connectivity index (χ3v) is 1.90. The molecule has 0 aliphatic heterocycles. The second-order valence-corrected chi connectivity index (χ2v) is 3.31. The molecule has 96 valence electrons. The molecule has 0 rings (SSSR count). The van der Waals surface area contributed by atoms with Crippen LogP contribution in [0.5, 0.6) is 0 Å². The van der Waals surface area contributed by atoms with Gasteiger partial charge in [-0.05, 0) is 6.92 Å². The van der Waals surface area contributed by atoms with Crippen molar-refractivity contribution < 1.29 is 27.4 Å². The number of carbonyl (C=O) groups is 1. The molecule has 0 aromatic carbocycles. The van der Waals surface area contributed by atoms with E-state index in [2.05, 4.69) is 5.32 Å². The Morgan fingerprint density at radius 2 is 1.81 bits per heavy atom. The lowest BCUT2D eigenvalue weighted by Crippen LogP contribution is -2.43. The molecule has 0 saturated carbocycles. The molecule has 1 amide bonds. The van der Waals surface area contributed by atoms with E-state index < -0.39 is 37.3 Å². The standard InChI is InChI=1S/C9H16F3NO3/c1-6(8(15-2)16-3)13-7(14)4-5-9(10,11)12/h6,8H,4-5H2,1-3H3,(H,13,14). The predicted octanol–water partition coefficient (Wildman–Crippen LogP) is 1.45. The van der Waals surface area contributed by atoms with Crippen LogP contribution in [0.25, 0.3) is 0 Å². The van der Waals surface area contributed by atoms with Gasteiger partial charge in [-0.2, -0.15) is 13.2 Å². The Morgan fingerprint density at radius 3 is 2.19 bits per heavy atom. The van der Waals surface area contributed by atoms with Crippen LogP contribution >= 0.6 is 0 Å². The summed E-state index contributed by atoms with van der Waals surface area (Å²) in [6.07, 6.45) is -6.71. The fourth-order valence-corrected chi connectivity index (χ4v) is 1.15. The number of halogens is 3. The molecule has 4 nitrogen and oxygen atoms in total. The highest BCUT2D eigenvalue weighted by atomic mass is 19.4. The molecule has 7 heteroatoms. The van der Waals surface area contributed by atoms with Crippen LogP contribution in [0.1, 0.15) is 19.8 Å². The van der Waals surface area contributed by atoms with E-state index in [1.54, 1.807) is 6.92 Å². The van der Waals surface area contributed by atoms with Crippen LogP contribution in [0.15, 0.2) is 0 Å². The summed E-state index contributed by atoms with van der Waals surface area (Å²) in [5, 5.41) is 2.37. The Morgan fingerprint density at radius 1 is 1.31 bits per heavy atom. The summed E-state index contributed by atoms with van der Waals surface area (Å²) < 4.78 is 45.1. The number of alkyl halides is 3. The van der Waals surface area contributed by atoms with Crippen LogP contribution in [0.3, 0.4) is 0 Å². The molecular weight excluding hydrogens is 227 g/mol. The van der Waals surface area contributed by atoms with Gasteiger partial charge in [-0.3, -0.25) is 4.79 Å². The minimum Gasteiger partial charge on any atom is -0.354 e. The highest BCUT2D eigenvalue weighted by Crippen LogP contribution is 2.21. The van der Waals surface area contributed by atoms with E-state index in [4.69, 9.17) is 9.47 Å². The van der Waals surface area contributed by atoms with E-state index in [-0.39, 0.29) is 0 Å². The Hall–Kier alpha value is -0.820. The SMILES string of the molecule is COC(OC)C(C)NC(=O)CCC(F)(F)F. The zero-order valence-electron chi connectivity index (χ0n) is 9.43. The van der Waals surface area contributed by atoms with Crippen molar-refractivity contribution in [3.8, 4) is 0 Å². The van der Waals surface area contributed by atoms with Crippen LogP contribution in [-0.2, 0) is 14.3 Å². The lowest BCUT2D eigenvalue weighted by molar-refractivity contribution is -0.148. The van der Waals surface area contributed by atoms with Gasteiger partial charge in [-0.15, -0.1) is 0 Å². The quantitative estimate of drug-likeness (QED) is 0.718. The van der Waals surface area contributed by atoms with Crippen molar-refractivity contribution >= 4 is 5.91 Å². The number of amides is 1. The maximum Gasteiger partial charge on any atom is 0.389 e. The van der Waals surface area contributed by atoms with Crippen LogP contribution in [-0.4, -0.2) is 38.6 Å². The van der Waals surface area contributed by atoms with Crippen molar-refractivity contribution in [1.82, 2.24) is 5.32 Å². The molecule has 1 N–H and O–H groups in total. The minimum atomic E-state index is -4.32. The van der Waals surface area contributed by atoms with Crippen molar-refractivity contribution in [2.75, 3.05) is 14.2 Å². The summed E-state index contributed by atoms with van der Waals surface area (Å²) in [5.74, 6) is -0.677.